The number of methoxy groups -OCH3 is 1. The van der Waals surface area contributed by atoms with Gasteiger partial charge >= 0.3 is 5.97 Å². The molecule has 0 fully saturated rings. The number of esters is 1. The summed E-state index contributed by atoms with van der Waals surface area (Å²) < 4.78 is 29.9. The van der Waals surface area contributed by atoms with Gasteiger partial charge in [0.1, 0.15) is 11.4 Å². The number of carbonyl (C=O) groups is 3. The molecule has 1 amide bonds. The van der Waals surface area contributed by atoms with E-state index in [0.29, 0.717) is 16.5 Å². The second-order valence-corrected chi connectivity index (χ2v) is 6.21. The largest absolute Gasteiger partial charge is 0.451 e. The van der Waals surface area contributed by atoms with Crippen LogP contribution in [0.3, 0.4) is 0 Å². The third-order valence-electron chi connectivity index (χ3n) is 4.10. The van der Waals surface area contributed by atoms with Crippen LogP contribution in [0.5, 0.6) is 0 Å². The first-order valence-corrected chi connectivity index (χ1v) is 8.67. The lowest BCUT2D eigenvalue weighted by Crippen LogP contribution is -2.16. The number of ether oxygens (including phenoxy) is 2. The Hall–Kier alpha value is -3.52. The van der Waals surface area contributed by atoms with Crippen LogP contribution in [-0.2, 0) is 20.9 Å². The van der Waals surface area contributed by atoms with Crippen molar-refractivity contribution in [2.45, 2.75) is 13.5 Å². The maximum atomic E-state index is 14.2. The minimum atomic E-state index is -0.850. The molecule has 0 radical (unpaired) electrons. The van der Waals surface area contributed by atoms with Crippen molar-refractivity contribution in [3.63, 3.8) is 0 Å². The average Bonchev–Trinajstić information content (AvgIpc) is 3.04. The molecule has 3 aromatic rings. The van der Waals surface area contributed by atoms with Crippen LogP contribution in [0.4, 0.5) is 10.1 Å². The predicted molar refractivity (Wildman–Crippen MR) is 102 cm³/mol. The third kappa shape index (κ3) is 4.49. The van der Waals surface area contributed by atoms with Crippen molar-refractivity contribution >= 4 is 34.3 Å². The van der Waals surface area contributed by atoms with Gasteiger partial charge in [-0.2, -0.15) is 0 Å². The fraction of sp³-hybridized carbons (Fsp3) is 0.190. The van der Waals surface area contributed by atoms with Crippen molar-refractivity contribution < 1.29 is 32.7 Å². The zero-order valence-corrected chi connectivity index (χ0v) is 15.8. The van der Waals surface area contributed by atoms with Gasteiger partial charge in [-0.25, -0.2) is 9.18 Å². The highest BCUT2D eigenvalue weighted by atomic mass is 19.1. The van der Waals surface area contributed by atoms with E-state index in [1.165, 1.54) is 26.2 Å². The van der Waals surface area contributed by atoms with E-state index in [-0.39, 0.29) is 29.5 Å². The molecular weight excluding hydrogens is 381 g/mol. The Morgan fingerprint density at radius 3 is 2.59 bits per heavy atom. The zero-order valence-electron chi connectivity index (χ0n) is 15.8. The Morgan fingerprint density at radius 1 is 1.14 bits per heavy atom. The predicted octanol–water partition coefficient (Wildman–Crippen LogP) is 3.72. The lowest BCUT2D eigenvalue weighted by Gasteiger charge is -2.07. The molecule has 0 saturated carbocycles. The molecule has 3 rings (SSSR count). The van der Waals surface area contributed by atoms with Crippen molar-refractivity contribution in [2.24, 2.45) is 0 Å². The Morgan fingerprint density at radius 2 is 1.90 bits per heavy atom. The molecule has 0 aliphatic heterocycles. The van der Waals surface area contributed by atoms with Crippen LogP contribution in [0.25, 0.3) is 11.0 Å². The first-order chi connectivity index (χ1) is 13.9. The van der Waals surface area contributed by atoms with Gasteiger partial charge in [0.15, 0.2) is 6.61 Å². The number of para-hydroxylation sites is 1. The van der Waals surface area contributed by atoms with E-state index in [1.807, 2.05) is 0 Å². The number of furan rings is 1. The monoisotopic (exact) mass is 399 g/mol. The van der Waals surface area contributed by atoms with Gasteiger partial charge in [0, 0.05) is 30.7 Å². The number of benzene rings is 2. The van der Waals surface area contributed by atoms with E-state index in [1.54, 1.807) is 24.3 Å². The average molecular weight is 399 g/mol. The standard InChI is InChI=1S/C21H18FNO6/c1-12(24)23-13-7-8-15(17(22)9-13)18(25)11-28-21(26)20-16(10-27-2)14-5-3-4-6-19(14)29-20/h3-9H,10-11H2,1-2H3,(H,23,24). The third-order valence-corrected chi connectivity index (χ3v) is 4.10. The molecule has 0 saturated heterocycles. The number of hydrogen-bond donors (Lipinski definition) is 1. The lowest BCUT2D eigenvalue weighted by molar-refractivity contribution is -0.114. The number of carbonyl (C=O) groups excluding carboxylic acids is 3. The number of amides is 1. The second-order valence-electron chi connectivity index (χ2n) is 6.21. The lowest BCUT2D eigenvalue weighted by atomic mass is 10.1. The fourth-order valence-electron chi connectivity index (χ4n) is 2.85. The van der Waals surface area contributed by atoms with Crippen molar-refractivity contribution in [3.8, 4) is 0 Å². The number of hydrogen-bond acceptors (Lipinski definition) is 6. The Labute approximate surface area is 165 Å². The molecule has 2 aromatic carbocycles. The second kappa shape index (κ2) is 8.66. The molecule has 0 atom stereocenters. The van der Waals surface area contributed by atoms with Crippen molar-refractivity contribution in [3.05, 3.63) is 65.2 Å². The van der Waals surface area contributed by atoms with Gasteiger partial charge in [-0.3, -0.25) is 9.59 Å². The Balaban J connectivity index is 1.74. The van der Waals surface area contributed by atoms with Gasteiger partial charge in [0.25, 0.3) is 0 Å². The van der Waals surface area contributed by atoms with E-state index in [4.69, 9.17) is 13.9 Å². The number of halogens is 1. The van der Waals surface area contributed by atoms with E-state index < -0.39 is 24.2 Å². The maximum absolute atomic E-state index is 14.2. The van der Waals surface area contributed by atoms with Crippen LogP contribution in [0.1, 0.15) is 33.4 Å². The molecule has 1 aromatic heterocycles. The summed E-state index contributed by atoms with van der Waals surface area (Å²) in [4.78, 5) is 35.7. The van der Waals surface area contributed by atoms with Crippen LogP contribution >= 0.6 is 0 Å². The maximum Gasteiger partial charge on any atom is 0.375 e. The number of Topliss-reactive ketones (excluding diaryl/α,β-unsaturated/α-hetero) is 1. The first-order valence-electron chi connectivity index (χ1n) is 8.67. The van der Waals surface area contributed by atoms with Crippen LogP contribution in [0.15, 0.2) is 46.9 Å². The first kappa shape index (κ1) is 20.2. The molecule has 0 aliphatic rings. The fourth-order valence-corrected chi connectivity index (χ4v) is 2.85. The summed E-state index contributed by atoms with van der Waals surface area (Å²) in [6.07, 6.45) is 0. The molecule has 0 bridgehead atoms. The highest BCUT2D eigenvalue weighted by molar-refractivity contribution is 6.01. The summed E-state index contributed by atoms with van der Waals surface area (Å²) in [7, 11) is 1.48. The number of fused-ring (bicyclic) bond motifs is 1. The topological polar surface area (TPSA) is 94.8 Å². The number of rotatable bonds is 7. The Kier molecular flexibility index (Phi) is 6.04. The van der Waals surface area contributed by atoms with Crippen LogP contribution in [0.2, 0.25) is 0 Å². The van der Waals surface area contributed by atoms with Crippen LogP contribution < -0.4 is 5.32 Å². The quantitative estimate of drug-likeness (QED) is 0.481. The van der Waals surface area contributed by atoms with Crippen molar-refractivity contribution in [2.75, 3.05) is 19.0 Å². The van der Waals surface area contributed by atoms with Gasteiger partial charge in [-0.05, 0) is 24.3 Å². The smallest absolute Gasteiger partial charge is 0.375 e. The van der Waals surface area contributed by atoms with E-state index in [9.17, 15) is 18.8 Å². The molecule has 7 nitrogen and oxygen atoms in total. The number of ketones is 1. The SMILES string of the molecule is COCc1c(C(=O)OCC(=O)c2ccc(NC(C)=O)cc2F)oc2ccccc12. The highest BCUT2D eigenvalue weighted by Gasteiger charge is 2.23. The van der Waals surface area contributed by atoms with Crippen LogP contribution in [0, 0.1) is 5.82 Å². The van der Waals surface area contributed by atoms with Gasteiger partial charge in [-0.15, -0.1) is 0 Å². The van der Waals surface area contributed by atoms with E-state index >= 15 is 0 Å². The highest BCUT2D eigenvalue weighted by Crippen LogP contribution is 2.27. The van der Waals surface area contributed by atoms with Gasteiger partial charge < -0.3 is 19.2 Å². The zero-order chi connectivity index (χ0) is 21.0. The number of anilines is 1. The minimum Gasteiger partial charge on any atom is -0.451 e. The molecule has 0 spiro atoms. The molecule has 8 heteroatoms. The molecule has 29 heavy (non-hydrogen) atoms. The van der Waals surface area contributed by atoms with E-state index in [2.05, 4.69) is 5.32 Å². The summed E-state index contributed by atoms with van der Waals surface area (Å²) in [5.74, 6) is -2.84. The molecule has 0 unspecified atom stereocenters. The van der Waals surface area contributed by atoms with Crippen molar-refractivity contribution in [1.82, 2.24) is 0 Å². The molecule has 1 N–H and O–H groups in total. The Bertz CT molecular complexity index is 1090. The summed E-state index contributed by atoms with van der Waals surface area (Å²) in [5.41, 5.74) is 0.951. The minimum absolute atomic E-state index is 0.0673. The van der Waals surface area contributed by atoms with Crippen LogP contribution in [-0.4, -0.2) is 31.4 Å². The van der Waals surface area contributed by atoms with Crippen molar-refractivity contribution in [1.29, 1.82) is 0 Å². The summed E-state index contributed by atoms with van der Waals surface area (Å²) >= 11 is 0. The normalized spacial score (nSPS) is 10.7. The van der Waals surface area contributed by atoms with E-state index in [0.717, 1.165) is 6.07 Å². The summed E-state index contributed by atoms with van der Waals surface area (Å²) in [5, 5.41) is 3.12. The van der Waals surface area contributed by atoms with Gasteiger partial charge in [0.05, 0.1) is 12.2 Å². The number of nitrogens with one attached hydrogen (secondary N) is 1. The molecule has 0 aliphatic carbocycles. The summed E-state index contributed by atoms with van der Waals surface area (Å²) in [6, 6.07) is 10.7. The molecule has 1 heterocycles. The molecular formula is C21H18FNO6. The van der Waals surface area contributed by atoms with Gasteiger partial charge in [0.2, 0.25) is 17.5 Å². The van der Waals surface area contributed by atoms with Gasteiger partial charge in [-0.1, -0.05) is 18.2 Å². The molecule has 150 valence electrons. The summed E-state index contributed by atoms with van der Waals surface area (Å²) in [6.45, 7) is 0.736.